The molecule has 0 bridgehead atoms. The van der Waals surface area contributed by atoms with Gasteiger partial charge in [-0.25, -0.2) is 4.79 Å². The smallest absolute Gasteiger partial charge is 0.314 e. The highest BCUT2D eigenvalue weighted by Crippen LogP contribution is 1.93. The number of nitrogens with zero attached hydrogens (tertiary/aromatic N) is 1. The largest absolute Gasteiger partial charge is 0.481 e. The second-order valence-corrected chi connectivity index (χ2v) is 3.95. The Bertz CT molecular complexity index is 395. The van der Waals surface area contributed by atoms with Gasteiger partial charge in [-0.15, -0.1) is 0 Å². The third kappa shape index (κ3) is 5.29. The third-order valence-corrected chi connectivity index (χ3v) is 2.38. The number of amides is 2. The van der Waals surface area contributed by atoms with Crippen molar-refractivity contribution in [2.75, 3.05) is 13.1 Å². The zero-order chi connectivity index (χ0) is 13.4. The van der Waals surface area contributed by atoms with E-state index in [0.717, 1.165) is 5.69 Å². The van der Waals surface area contributed by atoms with Gasteiger partial charge in [0.15, 0.2) is 0 Å². The van der Waals surface area contributed by atoms with Crippen LogP contribution in [0, 0.1) is 5.92 Å². The number of rotatable bonds is 6. The maximum atomic E-state index is 11.3. The molecule has 1 aromatic heterocycles. The van der Waals surface area contributed by atoms with Crippen LogP contribution in [0.15, 0.2) is 24.4 Å². The monoisotopic (exact) mass is 251 g/mol. The molecule has 3 N–H and O–H groups in total. The molecule has 6 nitrogen and oxygen atoms in total. The fraction of sp³-hybridized carbons (Fsp3) is 0.417. The van der Waals surface area contributed by atoms with Crippen LogP contribution >= 0.6 is 0 Å². The number of aromatic nitrogens is 1. The fourth-order valence-electron chi connectivity index (χ4n) is 1.25. The molecule has 2 amide bonds. The number of aliphatic carboxylic acids is 1. The van der Waals surface area contributed by atoms with Gasteiger partial charge in [-0.1, -0.05) is 13.0 Å². The van der Waals surface area contributed by atoms with E-state index >= 15 is 0 Å². The SMILES string of the molecule is CC(CNC(=O)NCCc1ccccn1)C(=O)O. The molecule has 98 valence electrons. The first kappa shape index (κ1) is 14.0. The van der Waals surface area contributed by atoms with E-state index in [-0.39, 0.29) is 12.6 Å². The summed E-state index contributed by atoms with van der Waals surface area (Å²) in [4.78, 5) is 26.0. The second kappa shape index (κ2) is 7.26. The number of carboxylic acid groups (broad SMARTS) is 1. The van der Waals surface area contributed by atoms with Crippen LogP contribution in [-0.4, -0.2) is 35.2 Å². The Morgan fingerprint density at radius 1 is 1.39 bits per heavy atom. The predicted molar refractivity (Wildman–Crippen MR) is 66.1 cm³/mol. The molecule has 0 saturated carbocycles. The minimum atomic E-state index is -0.927. The lowest BCUT2D eigenvalue weighted by Gasteiger charge is -2.09. The number of carbonyl (C=O) groups excluding carboxylic acids is 1. The predicted octanol–water partition coefficient (Wildman–Crippen LogP) is 0.644. The van der Waals surface area contributed by atoms with Crippen molar-refractivity contribution < 1.29 is 14.7 Å². The van der Waals surface area contributed by atoms with Gasteiger partial charge in [0.2, 0.25) is 0 Å². The van der Waals surface area contributed by atoms with E-state index in [1.807, 2.05) is 18.2 Å². The molecule has 0 spiro atoms. The first-order valence-corrected chi connectivity index (χ1v) is 5.74. The summed E-state index contributed by atoms with van der Waals surface area (Å²) in [6.07, 6.45) is 2.34. The molecular formula is C12H17N3O3. The van der Waals surface area contributed by atoms with E-state index in [2.05, 4.69) is 15.6 Å². The minimum absolute atomic E-state index is 0.116. The van der Waals surface area contributed by atoms with Crippen molar-refractivity contribution in [3.63, 3.8) is 0 Å². The Balaban J connectivity index is 2.16. The molecule has 1 atom stereocenters. The molecule has 1 heterocycles. The second-order valence-electron chi connectivity index (χ2n) is 3.95. The van der Waals surface area contributed by atoms with Crippen molar-refractivity contribution in [2.45, 2.75) is 13.3 Å². The van der Waals surface area contributed by atoms with Crippen molar-refractivity contribution in [3.05, 3.63) is 30.1 Å². The van der Waals surface area contributed by atoms with Crippen LogP contribution in [0.25, 0.3) is 0 Å². The quantitative estimate of drug-likeness (QED) is 0.692. The molecule has 0 fully saturated rings. The van der Waals surface area contributed by atoms with Crippen LogP contribution in [-0.2, 0) is 11.2 Å². The normalized spacial score (nSPS) is 11.6. The molecule has 0 aliphatic carbocycles. The summed E-state index contributed by atoms with van der Waals surface area (Å²) in [5, 5.41) is 13.8. The Hall–Kier alpha value is -2.11. The Morgan fingerprint density at radius 2 is 2.17 bits per heavy atom. The molecule has 6 heteroatoms. The first-order valence-electron chi connectivity index (χ1n) is 5.74. The lowest BCUT2D eigenvalue weighted by Crippen LogP contribution is -2.40. The summed E-state index contributed by atoms with van der Waals surface area (Å²) in [5.41, 5.74) is 0.900. The topological polar surface area (TPSA) is 91.3 Å². The first-order chi connectivity index (χ1) is 8.59. The molecule has 18 heavy (non-hydrogen) atoms. The summed E-state index contributed by atoms with van der Waals surface area (Å²) < 4.78 is 0. The molecule has 1 rings (SSSR count). The number of hydrogen-bond acceptors (Lipinski definition) is 3. The summed E-state index contributed by atoms with van der Waals surface area (Å²) in [6, 6.07) is 5.24. The Labute approximate surface area is 105 Å². The molecule has 0 saturated heterocycles. The van der Waals surface area contributed by atoms with Gasteiger partial charge in [0, 0.05) is 31.4 Å². The Kier molecular flexibility index (Phi) is 5.63. The van der Waals surface area contributed by atoms with Crippen LogP contribution in [0.1, 0.15) is 12.6 Å². The summed E-state index contributed by atoms with van der Waals surface area (Å²) >= 11 is 0. The van der Waals surface area contributed by atoms with Gasteiger partial charge in [-0.3, -0.25) is 9.78 Å². The van der Waals surface area contributed by atoms with Gasteiger partial charge in [0.05, 0.1) is 5.92 Å². The van der Waals surface area contributed by atoms with Crippen molar-refractivity contribution >= 4 is 12.0 Å². The summed E-state index contributed by atoms with van der Waals surface area (Å²) in [5.74, 6) is -1.52. The lowest BCUT2D eigenvalue weighted by molar-refractivity contribution is -0.140. The van der Waals surface area contributed by atoms with E-state index in [1.165, 1.54) is 6.92 Å². The van der Waals surface area contributed by atoms with E-state index in [4.69, 9.17) is 5.11 Å². The van der Waals surface area contributed by atoms with E-state index in [1.54, 1.807) is 6.20 Å². The van der Waals surface area contributed by atoms with Gasteiger partial charge >= 0.3 is 12.0 Å². The molecular weight excluding hydrogens is 234 g/mol. The number of urea groups is 1. The van der Waals surface area contributed by atoms with Gasteiger partial charge in [0.1, 0.15) is 0 Å². The number of carboxylic acids is 1. The molecule has 0 aliphatic rings. The van der Waals surface area contributed by atoms with Crippen LogP contribution in [0.5, 0.6) is 0 Å². The van der Waals surface area contributed by atoms with Gasteiger partial charge in [-0.05, 0) is 12.1 Å². The lowest BCUT2D eigenvalue weighted by atomic mass is 10.2. The van der Waals surface area contributed by atoms with Crippen molar-refractivity contribution in [2.24, 2.45) is 5.92 Å². The standard InChI is InChI=1S/C12H17N3O3/c1-9(11(16)17)8-15-12(18)14-7-5-10-4-2-3-6-13-10/h2-4,6,9H,5,7-8H2,1H3,(H,16,17)(H2,14,15,18). The maximum Gasteiger partial charge on any atom is 0.314 e. The average molecular weight is 251 g/mol. The zero-order valence-electron chi connectivity index (χ0n) is 10.2. The minimum Gasteiger partial charge on any atom is -0.481 e. The molecule has 0 aliphatic heterocycles. The van der Waals surface area contributed by atoms with E-state index < -0.39 is 11.9 Å². The zero-order valence-corrected chi connectivity index (χ0v) is 10.2. The maximum absolute atomic E-state index is 11.3. The van der Waals surface area contributed by atoms with E-state index in [0.29, 0.717) is 13.0 Å². The van der Waals surface area contributed by atoms with Gasteiger partial charge in [-0.2, -0.15) is 0 Å². The van der Waals surface area contributed by atoms with Crippen LogP contribution < -0.4 is 10.6 Å². The highest BCUT2D eigenvalue weighted by Gasteiger charge is 2.11. The molecule has 1 unspecified atom stereocenters. The Morgan fingerprint density at radius 3 is 2.78 bits per heavy atom. The van der Waals surface area contributed by atoms with Crippen molar-refractivity contribution in [3.8, 4) is 0 Å². The highest BCUT2D eigenvalue weighted by atomic mass is 16.4. The van der Waals surface area contributed by atoms with Crippen LogP contribution in [0.4, 0.5) is 4.79 Å². The highest BCUT2D eigenvalue weighted by molar-refractivity contribution is 5.75. The van der Waals surface area contributed by atoms with Crippen LogP contribution in [0.2, 0.25) is 0 Å². The third-order valence-electron chi connectivity index (χ3n) is 2.38. The summed E-state index contributed by atoms with van der Waals surface area (Å²) in [7, 11) is 0. The van der Waals surface area contributed by atoms with Gasteiger partial charge < -0.3 is 15.7 Å². The average Bonchev–Trinajstić information content (AvgIpc) is 2.37. The van der Waals surface area contributed by atoms with Crippen LogP contribution in [0.3, 0.4) is 0 Å². The summed E-state index contributed by atoms with van der Waals surface area (Å²) in [6.45, 7) is 2.12. The molecule has 0 aromatic carbocycles. The molecule has 1 aromatic rings. The van der Waals surface area contributed by atoms with Crippen molar-refractivity contribution in [1.82, 2.24) is 15.6 Å². The molecule has 0 radical (unpaired) electrons. The number of hydrogen-bond donors (Lipinski definition) is 3. The number of pyridine rings is 1. The number of nitrogens with one attached hydrogen (secondary N) is 2. The van der Waals surface area contributed by atoms with Gasteiger partial charge in [0.25, 0.3) is 0 Å². The van der Waals surface area contributed by atoms with Crippen molar-refractivity contribution in [1.29, 1.82) is 0 Å². The van der Waals surface area contributed by atoms with E-state index in [9.17, 15) is 9.59 Å². The number of carbonyl (C=O) groups is 2. The fourth-order valence-corrected chi connectivity index (χ4v) is 1.25.